The van der Waals surface area contributed by atoms with Gasteiger partial charge >= 0.3 is 0 Å². The van der Waals surface area contributed by atoms with Gasteiger partial charge in [0.15, 0.2) is 0 Å². The second-order valence-corrected chi connectivity index (χ2v) is 4.16. The summed E-state index contributed by atoms with van der Waals surface area (Å²) in [6.07, 6.45) is 10.3. The van der Waals surface area contributed by atoms with Gasteiger partial charge in [-0.05, 0) is 43.9 Å². The minimum atomic E-state index is 0.736. The van der Waals surface area contributed by atoms with Gasteiger partial charge in [0, 0.05) is 0 Å². The maximum Gasteiger partial charge on any atom is -0.0269 e. The Bertz CT molecular complexity index is 114. The van der Waals surface area contributed by atoms with Crippen molar-refractivity contribution < 1.29 is 0 Å². The quantitative estimate of drug-likeness (QED) is 0.481. The van der Waals surface area contributed by atoms with Gasteiger partial charge in [-0.3, -0.25) is 0 Å². The fourth-order valence-corrected chi connectivity index (χ4v) is 2.95. The third-order valence-corrected chi connectivity index (χ3v) is 3.69. The summed E-state index contributed by atoms with van der Waals surface area (Å²) in [5.41, 5.74) is 0.736. The van der Waals surface area contributed by atoms with Crippen molar-refractivity contribution in [1.82, 2.24) is 0 Å². The van der Waals surface area contributed by atoms with E-state index in [1.165, 1.54) is 44.9 Å². The molecule has 1 radical (unpaired) electrons. The van der Waals surface area contributed by atoms with Gasteiger partial charge < -0.3 is 0 Å². The molecule has 10 heavy (non-hydrogen) atoms. The topological polar surface area (TPSA) is 0 Å². The van der Waals surface area contributed by atoms with Crippen LogP contribution < -0.4 is 0 Å². The van der Waals surface area contributed by atoms with Gasteiger partial charge in [0.1, 0.15) is 0 Å². The molecule has 0 saturated heterocycles. The van der Waals surface area contributed by atoms with Crippen molar-refractivity contribution in [1.29, 1.82) is 0 Å². The normalized spacial score (nSPS) is 37.5. The zero-order valence-electron chi connectivity index (χ0n) is 6.73. The average Bonchev–Trinajstić information content (AvgIpc) is 2.48. The molecule has 0 aromatic heterocycles. The summed E-state index contributed by atoms with van der Waals surface area (Å²) >= 11 is 0. The van der Waals surface area contributed by atoms with Crippen LogP contribution in [0.4, 0.5) is 0 Å². The van der Waals surface area contributed by atoms with E-state index in [1.807, 2.05) is 0 Å². The smallest absolute Gasteiger partial charge is 0.0269 e. The highest BCUT2D eigenvalue weighted by Crippen LogP contribution is 2.53. The Hall–Kier alpha value is 0. The molecular formula is C10H17. The second kappa shape index (κ2) is 2.25. The molecule has 2 fully saturated rings. The molecular weight excluding hydrogens is 120 g/mol. The Labute approximate surface area is 64.0 Å². The molecule has 0 N–H and O–H groups in total. The van der Waals surface area contributed by atoms with E-state index >= 15 is 0 Å². The first-order valence-corrected chi connectivity index (χ1v) is 4.67. The predicted molar refractivity (Wildman–Crippen MR) is 43.6 cm³/mol. The van der Waals surface area contributed by atoms with Crippen LogP contribution in [0, 0.1) is 18.3 Å². The molecule has 2 saturated carbocycles. The number of rotatable bonds is 0. The Morgan fingerprint density at radius 2 is 1.60 bits per heavy atom. The van der Waals surface area contributed by atoms with Crippen molar-refractivity contribution in [2.75, 3.05) is 0 Å². The SMILES string of the molecule is [CH2]C1CCCC12CCCC2. The molecule has 0 bridgehead atoms. The molecule has 57 valence electrons. The summed E-state index contributed by atoms with van der Waals surface area (Å²) in [5, 5.41) is 0. The van der Waals surface area contributed by atoms with Gasteiger partial charge in [0.2, 0.25) is 0 Å². The van der Waals surface area contributed by atoms with E-state index in [4.69, 9.17) is 0 Å². The Morgan fingerprint density at radius 1 is 1.00 bits per heavy atom. The number of hydrogen-bond donors (Lipinski definition) is 0. The fraction of sp³-hybridized carbons (Fsp3) is 0.900. The summed E-state index contributed by atoms with van der Waals surface area (Å²) in [4.78, 5) is 0. The van der Waals surface area contributed by atoms with Gasteiger partial charge in [-0.1, -0.05) is 19.3 Å². The molecule has 0 nitrogen and oxygen atoms in total. The van der Waals surface area contributed by atoms with Gasteiger partial charge in [-0.15, -0.1) is 0 Å². The third-order valence-electron chi connectivity index (χ3n) is 3.69. The van der Waals surface area contributed by atoms with Crippen molar-refractivity contribution in [2.45, 2.75) is 44.9 Å². The molecule has 2 aliphatic rings. The highest BCUT2D eigenvalue weighted by atomic mass is 14.5. The minimum Gasteiger partial charge on any atom is -0.0527 e. The Kier molecular flexibility index (Phi) is 1.51. The molecule has 0 aromatic rings. The van der Waals surface area contributed by atoms with E-state index in [0.29, 0.717) is 0 Å². The van der Waals surface area contributed by atoms with Crippen molar-refractivity contribution in [2.24, 2.45) is 11.3 Å². The zero-order valence-corrected chi connectivity index (χ0v) is 6.73. The van der Waals surface area contributed by atoms with E-state index < -0.39 is 0 Å². The Morgan fingerprint density at radius 3 is 2.10 bits per heavy atom. The Balaban J connectivity index is 2.11. The lowest BCUT2D eigenvalue weighted by Crippen LogP contribution is -2.18. The highest BCUT2D eigenvalue weighted by Gasteiger charge is 2.41. The zero-order chi connectivity index (χ0) is 7.03. The molecule has 0 amide bonds. The average molecular weight is 137 g/mol. The van der Waals surface area contributed by atoms with E-state index in [1.54, 1.807) is 0 Å². The summed E-state index contributed by atoms with van der Waals surface area (Å²) in [6, 6.07) is 0. The first-order valence-electron chi connectivity index (χ1n) is 4.67. The molecule has 0 aromatic carbocycles. The third kappa shape index (κ3) is 0.810. The van der Waals surface area contributed by atoms with Gasteiger partial charge in [0.25, 0.3) is 0 Å². The monoisotopic (exact) mass is 137 g/mol. The second-order valence-electron chi connectivity index (χ2n) is 4.16. The molecule has 0 heterocycles. The van der Waals surface area contributed by atoms with Gasteiger partial charge in [0.05, 0.1) is 0 Å². The van der Waals surface area contributed by atoms with Crippen LogP contribution in [0.5, 0.6) is 0 Å². The number of hydrogen-bond acceptors (Lipinski definition) is 0. The molecule has 1 spiro atoms. The standard InChI is InChI=1S/C10H17/c1-9-5-4-8-10(9)6-2-3-7-10/h9H,1-8H2. The van der Waals surface area contributed by atoms with Crippen LogP contribution in [0.1, 0.15) is 44.9 Å². The van der Waals surface area contributed by atoms with E-state index in [-0.39, 0.29) is 0 Å². The molecule has 1 atom stereocenters. The van der Waals surface area contributed by atoms with Crippen molar-refractivity contribution in [3.05, 3.63) is 6.92 Å². The van der Waals surface area contributed by atoms with Gasteiger partial charge in [-0.25, -0.2) is 0 Å². The minimum absolute atomic E-state index is 0.736. The largest absolute Gasteiger partial charge is 0.0527 e. The van der Waals surface area contributed by atoms with Crippen molar-refractivity contribution in [3.63, 3.8) is 0 Å². The van der Waals surface area contributed by atoms with Crippen LogP contribution in [0.3, 0.4) is 0 Å². The maximum atomic E-state index is 4.27. The first-order chi connectivity index (χ1) is 4.83. The molecule has 2 rings (SSSR count). The molecule has 2 aliphatic carbocycles. The lowest BCUT2D eigenvalue weighted by atomic mass is 9.77. The predicted octanol–water partition coefficient (Wildman–Crippen LogP) is 3.18. The maximum absolute atomic E-state index is 4.27. The lowest BCUT2D eigenvalue weighted by Gasteiger charge is -2.27. The summed E-state index contributed by atoms with van der Waals surface area (Å²) in [5.74, 6) is 0.801. The van der Waals surface area contributed by atoms with Crippen molar-refractivity contribution in [3.8, 4) is 0 Å². The van der Waals surface area contributed by atoms with Crippen LogP contribution in [-0.2, 0) is 0 Å². The van der Waals surface area contributed by atoms with E-state index in [9.17, 15) is 0 Å². The summed E-state index contributed by atoms with van der Waals surface area (Å²) in [6.45, 7) is 4.27. The highest BCUT2D eigenvalue weighted by molar-refractivity contribution is 4.95. The molecule has 1 unspecified atom stereocenters. The first kappa shape index (κ1) is 6.69. The van der Waals surface area contributed by atoms with E-state index in [2.05, 4.69) is 6.92 Å². The summed E-state index contributed by atoms with van der Waals surface area (Å²) < 4.78 is 0. The van der Waals surface area contributed by atoms with Crippen LogP contribution in [-0.4, -0.2) is 0 Å². The van der Waals surface area contributed by atoms with Crippen molar-refractivity contribution >= 4 is 0 Å². The molecule has 0 heteroatoms. The summed E-state index contributed by atoms with van der Waals surface area (Å²) in [7, 11) is 0. The van der Waals surface area contributed by atoms with Crippen LogP contribution in [0.15, 0.2) is 0 Å². The van der Waals surface area contributed by atoms with E-state index in [0.717, 1.165) is 11.3 Å². The van der Waals surface area contributed by atoms with Crippen LogP contribution in [0.25, 0.3) is 0 Å². The molecule has 0 aliphatic heterocycles. The fourth-order valence-electron chi connectivity index (χ4n) is 2.95. The van der Waals surface area contributed by atoms with Crippen LogP contribution in [0.2, 0.25) is 0 Å². The lowest BCUT2D eigenvalue weighted by molar-refractivity contribution is 0.245. The van der Waals surface area contributed by atoms with Crippen LogP contribution >= 0.6 is 0 Å². The van der Waals surface area contributed by atoms with Gasteiger partial charge in [-0.2, -0.15) is 0 Å².